The second-order valence-corrected chi connectivity index (χ2v) is 4.33. The Morgan fingerprint density at radius 1 is 1.36 bits per heavy atom. The van der Waals surface area contributed by atoms with E-state index in [1.807, 2.05) is 0 Å². The average Bonchev–Trinajstić information content (AvgIpc) is 2.97. The molecule has 1 aromatic heterocycles. The molecule has 2 aromatic rings. The SMILES string of the molecule is CC=CC(=O)OC(C)c1nnc(-c2ccc([N+](=O)[O-])cc2)o1. The van der Waals surface area contributed by atoms with Crippen LogP contribution < -0.4 is 0 Å². The smallest absolute Gasteiger partial charge is 0.331 e. The van der Waals surface area contributed by atoms with Gasteiger partial charge < -0.3 is 9.15 Å². The first-order valence-corrected chi connectivity index (χ1v) is 6.42. The summed E-state index contributed by atoms with van der Waals surface area (Å²) >= 11 is 0. The average molecular weight is 303 g/mol. The molecule has 1 aromatic carbocycles. The quantitative estimate of drug-likeness (QED) is 0.361. The minimum Gasteiger partial charge on any atom is -0.449 e. The molecule has 0 aliphatic heterocycles. The normalized spacial score (nSPS) is 12.3. The number of aromatic nitrogens is 2. The van der Waals surface area contributed by atoms with Gasteiger partial charge in [0.1, 0.15) is 0 Å². The lowest BCUT2D eigenvalue weighted by molar-refractivity contribution is -0.384. The van der Waals surface area contributed by atoms with Gasteiger partial charge in [-0.25, -0.2) is 4.79 Å². The first-order chi connectivity index (χ1) is 10.5. The lowest BCUT2D eigenvalue weighted by Crippen LogP contribution is -2.06. The Hall–Kier alpha value is -3.03. The predicted molar refractivity (Wildman–Crippen MR) is 75.7 cm³/mol. The van der Waals surface area contributed by atoms with Crippen molar-refractivity contribution in [2.75, 3.05) is 0 Å². The summed E-state index contributed by atoms with van der Waals surface area (Å²) in [7, 11) is 0. The van der Waals surface area contributed by atoms with Crippen molar-refractivity contribution < 1.29 is 18.9 Å². The molecule has 0 radical (unpaired) electrons. The number of nitrogens with zero attached hydrogens (tertiary/aromatic N) is 3. The minimum absolute atomic E-state index is 0.0304. The summed E-state index contributed by atoms with van der Waals surface area (Å²) in [5, 5.41) is 18.2. The molecule has 2 rings (SSSR count). The van der Waals surface area contributed by atoms with Crippen molar-refractivity contribution in [1.82, 2.24) is 10.2 Å². The summed E-state index contributed by atoms with van der Waals surface area (Å²) in [4.78, 5) is 21.4. The van der Waals surface area contributed by atoms with E-state index in [-0.39, 0.29) is 17.5 Å². The van der Waals surface area contributed by atoms with Gasteiger partial charge in [-0.3, -0.25) is 10.1 Å². The van der Waals surface area contributed by atoms with E-state index < -0.39 is 17.0 Å². The Balaban J connectivity index is 2.13. The van der Waals surface area contributed by atoms with Gasteiger partial charge in [-0.2, -0.15) is 0 Å². The molecule has 8 heteroatoms. The molecule has 0 bridgehead atoms. The predicted octanol–water partition coefficient (Wildman–Crippen LogP) is 2.83. The molecular weight excluding hydrogens is 290 g/mol. The molecule has 0 saturated heterocycles. The zero-order valence-corrected chi connectivity index (χ0v) is 11.9. The van der Waals surface area contributed by atoms with Gasteiger partial charge in [0.25, 0.3) is 11.6 Å². The highest BCUT2D eigenvalue weighted by molar-refractivity contribution is 5.81. The molecule has 1 atom stereocenters. The van der Waals surface area contributed by atoms with E-state index in [4.69, 9.17) is 9.15 Å². The molecule has 0 spiro atoms. The van der Waals surface area contributed by atoms with Crippen LogP contribution in [-0.4, -0.2) is 21.1 Å². The van der Waals surface area contributed by atoms with Crippen LogP contribution in [0.25, 0.3) is 11.5 Å². The van der Waals surface area contributed by atoms with Crippen LogP contribution in [0.5, 0.6) is 0 Å². The maximum atomic E-state index is 11.3. The number of rotatable bonds is 5. The van der Waals surface area contributed by atoms with Crippen molar-refractivity contribution in [2.45, 2.75) is 20.0 Å². The number of non-ortho nitro benzene ring substituents is 1. The fraction of sp³-hybridized carbons (Fsp3) is 0.214. The number of carbonyl (C=O) groups is 1. The molecule has 0 amide bonds. The lowest BCUT2D eigenvalue weighted by atomic mass is 10.2. The number of hydrogen-bond donors (Lipinski definition) is 0. The summed E-state index contributed by atoms with van der Waals surface area (Å²) in [5.74, 6) is -0.171. The second-order valence-electron chi connectivity index (χ2n) is 4.33. The highest BCUT2D eigenvalue weighted by atomic mass is 16.6. The minimum atomic E-state index is -0.692. The lowest BCUT2D eigenvalue weighted by Gasteiger charge is -2.06. The third-order valence-electron chi connectivity index (χ3n) is 2.71. The van der Waals surface area contributed by atoms with Crippen LogP contribution in [0.15, 0.2) is 40.8 Å². The Bertz CT molecular complexity index is 706. The zero-order valence-electron chi connectivity index (χ0n) is 11.9. The topological polar surface area (TPSA) is 108 Å². The standard InChI is InChI=1S/C14H13N3O5/c1-3-4-12(18)21-9(2)13-15-16-14(22-13)10-5-7-11(8-6-10)17(19)20/h3-9H,1-2H3. The number of nitro benzene ring substituents is 1. The van der Waals surface area contributed by atoms with Crippen molar-refractivity contribution in [3.05, 3.63) is 52.4 Å². The van der Waals surface area contributed by atoms with Crippen molar-refractivity contribution in [1.29, 1.82) is 0 Å². The number of ether oxygens (including phenoxy) is 1. The van der Waals surface area contributed by atoms with E-state index in [1.165, 1.54) is 30.3 Å². The van der Waals surface area contributed by atoms with Crippen molar-refractivity contribution in [3.8, 4) is 11.5 Å². The fourth-order valence-electron chi connectivity index (χ4n) is 1.64. The van der Waals surface area contributed by atoms with Crippen LogP contribution in [0.2, 0.25) is 0 Å². The molecule has 0 aliphatic carbocycles. The van der Waals surface area contributed by atoms with Gasteiger partial charge >= 0.3 is 5.97 Å². The van der Waals surface area contributed by atoms with Gasteiger partial charge in [0.05, 0.1) is 4.92 Å². The highest BCUT2D eigenvalue weighted by Crippen LogP contribution is 2.24. The first-order valence-electron chi connectivity index (χ1n) is 6.42. The van der Waals surface area contributed by atoms with E-state index >= 15 is 0 Å². The van der Waals surface area contributed by atoms with Crippen LogP contribution in [0.1, 0.15) is 25.8 Å². The number of benzene rings is 1. The van der Waals surface area contributed by atoms with Crippen LogP contribution >= 0.6 is 0 Å². The molecule has 0 N–H and O–H groups in total. The van der Waals surface area contributed by atoms with E-state index in [9.17, 15) is 14.9 Å². The molecule has 1 unspecified atom stereocenters. The monoisotopic (exact) mass is 303 g/mol. The summed E-state index contributed by atoms with van der Waals surface area (Å²) in [6.45, 7) is 3.31. The largest absolute Gasteiger partial charge is 0.449 e. The summed E-state index contributed by atoms with van der Waals surface area (Å²) < 4.78 is 10.5. The maximum absolute atomic E-state index is 11.3. The molecule has 0 fully saturated rings. The van der Waals surface area contributed by atoms with Crippen LogP contribution in [0, 0.1) is 10.1 Å². The highest BCUT2D eigenvalue weighted by Gasteiger charge is 2.18. The van der Waals surface area contributed by atoms with Gasteiger partial charge in [-0.1, -0.05) is 6.08 Å². The fourth-order valence-corrected chi connectivity index (χ4v) is 1.64. The van der Waals surface area contributed by atoms with Gasteiger partial charge in [0.2, 0.25) is 5.89 Å². The number of carbonyl (C=O) groups excluding carboxylic acids is 1. The van der Waals surface area contributed by atoms with Gasteiger partial charge in [-0.15, -0.1) is 10.2 Å². The van der Waals surface area contributed by atoms with Crippen molar-refractivity contribution in [2.24, 2.45) is 0 Å². The number of nitro groups is 1. The second kappa shape index (κ2) is 6.61. The summed E-state index contributed by atoms with van der Waals surface area (Å²) in [6, 6.07) is 5.70. The van der Waals surface area contributed by atoms with E-state index in [2.05, 4.69) is 10.2 Å². The summed E-state index contributed by atoms with van der Waals surface area (Å²) in [5.41, 5.74) is 0.508. The van der Waals surface area contributed by atoms with E-state index in [0.717, 1.165) is 0 Å². The van der Waals surface area contributed by atoms with E-state index in [1.54, 1.807) is 19.9 Å². The molecule has 0 aliphatic rings. The summed E-state index contributed by atoms with van der Waals surface area (Å²) in [6.07, 6.45) is 2.15. The maximum Gasteiger partial charge on any atom is 0.331 e. The zero-order chi connectivity index (χ0) is 16.1. The van der Waals surface area contributed by atoms with Gasteiger partial charge in [0.15, 0.2) is 6.10 Å². The third kappa shape index (κ3) is 3.54. The molecule has 114 valence electrons. The molecule has 1 heterocycles. The number of esters is 1. The Morgan fingerprint density at radius 3 is 2.64 bits per heavy atom. The number of allylic oxidation sites excluding steroid dienone is 1. The van der Waals surface area contributed by atoms with Crippen LogP contribution in [-0.2, 0) is 9.53 Å². The third-order valence-corrected chi connectivity index (χ3v) is 2.71. The molecule has 22 heavy (non-hydrogen) atoms. The van der Waals surface area contributed by atoms with Gasteiger partial charge in [-0.05, 0) is 26.0 Å². The number of hydrogen-bond acceptors (Lipinski definition) is 7. The molecular formula is C14H13N3O5. The van der Waals surface area contributed by atoms with Crippen molar-refractivity contribution >= 4 is 11.7 Å². The van der Waals surface area contributed by atoms with Gasteiger partial charge in [0, 0.05) is 23.8 Å². The first kappa shape index (κ1) is 15.4. The van der Waals surface area contributed by atoms with E-state index in [0.29, 0.717) is 5.56 Å². The molecule has 8 nitrogen and oxygen atoms in total. The Morgan fingerprint density at radius 2 is 2.05 bits per heavy atom. The van der Waals surface area contributed by atoms with Crippen molar-refractivity contribution in [3.63, 3.8) is 0 Å². The Kier molecular flexibility index (Phi) is 4.62. The van der Waals surface area contributed by atoms with Crippen LogP contribution in [0.3, 0.4) is 0 Å². The Labute approximate surface area is 125 Å². The molecule has 0 saturated carbocycles. The van der Waals surface area contributed by atoms with Crippen LogP contribution in [0.4, 0.5) is 5.69 Å².